The van der Waals surface area contributed by atoms with Crippen molar-refractivity contribution in [1.29, 1.82) is 0 Å². The van der Waals surface area contributed by atoms with Crippen LogP contribution in [0.25, 0.3) is 0 Å². The largest absolute Gasteiger partial charge is 0.354 e. The summed E-state index contributed by atoms with van der Waals surface area (Å²) in [5.74, 6) is 0.0811. The molecule has 2 heterocycles. The zero-order chi connectivity index (χ0) is 20.1. The van der Waals surface area contributed by atoms with Crippen LogP contribution >= 0.6 is 11.6 Å². The normalized spacial score (nSPS) is 17.4. The van der Waals surface area contributed by atoms with E-state index in [0.29, 0.717) is 37.7 Å². The molecule has 1 aliphatic rings. The van der Waals surface area contributed by atoms with E-state index in [2.05, 4.69) is 15.6 Å². The third-order valence-electron chi connectivity index (χ3n) is 4.81. The molecule has 0 radical (unpaired) electrons. The Morgan fingerprint density at radius 2 is 2.29 bits per heavy atom. The van der Waals surface area contributed by atoms with Crippen molar-refractivity contribution < 1.29 is 14.0 Å². The minimum absolute atomic E-state index is 0.0492. The SMILES string of the molecule is Cc1nccn1CCNC(=O)CC1C(=O)NCCN1Cc1ccc(F)cc1Cl. The number of aromatic nitrogens is 2. The standard InChI is InChI=1S/C19H23ClFN5O2/c1-13-22-4-7-25(13)8-5-23-18(27)11-17-19(28)24-6-9-26(17)12-14-2-3-15(21)10-16(14)20/h2-4,7,10,17H,5-6,8-9,11-12H2,1H3,(H,23,27)(H,24,28). The number of piperazine rings is 1. The number of rotatable bonds is 7. The number of hydrogen-bond acceptors (Lipinski definition) is 4. The first-order valence-electron chi connectivity index (χ1n) is 9.14. The summed E-state index contributed by atoms with van der Waals surface area (Å²) in [6, 6.07) is 3.60. The van der Waals surface area contributed by atoms with Crippen LogP contribution in [0.15, 0.2) is 30.6 Å². The predicted octanol–water partition coefficient (Wildman–Crippen LogP) is 1.49. The average Bonchev–Trinajstić information content (AvgIpc) is 3.05. The number of benzene rings is 1. The maximum atomic E-state index is 13.3. The molecule has 1 aromatic heterocycles. The van der Waals surface area contributed by atoms with Gasteiger partial charge in [0.1, 0.15) is 11.6 Å². The Morgan fingerprint density at radius 3 is 3.00 bits per heavy atom. The fourth-order valence-corrected chi connectivity index (χ4v) is 3.47. The van der Waals surface area contributed by atoms with Crippen LogP contribution in [0.4, 0.5) is 4.39 Å². The lowest BCUT2D eigenvalue weighted by molar-refractivity contribution is -0.134. The molecule has 0 bridgehead atoms. The van der Waals surface area contributed by atoms with E-state index in [1.807, 2.05) is 22.6 Å². The van der Waals surface area contributed by atoms with Crippen molar-refractivity contribution in [3.63, 3.8) is 0 Å². The number of hydrogen-bond donors (Lipinski definition) is 2. The molecule has 150 valence electrons. The Balaban J connectivity index is 1.58. The van der Waals surface area contributed by atoms with Crippen molar-refractivity contribution >= 4 is 23.4 Å². The third kappa shape index (κ3) is 5.08. The highest BCUT2D eigenvalue weighted by atomic mass is 35.5. The molecule has 2 N–H and O–H groups in total. The highest BCUT2D eigenvalue weighted by Crippen LogP contribution is 2.21. The van der Waals surface area contributed by atoms with Crippen LogP contribution in [-0.4, -0.2) is 51.9 Å². The molecule has 1 fully saturated rings. The van der Waals surface area contributed by atoms with Gasteiger partial charge in [0.2, 0.25) is 11.8 Å². The molecule has 3 rings (SSSR count). The minimum atomic E-state index is -0.593. The molecular formula is C19H23ClFN5O2. The molecule has 0 spiro atoms. The van der Waals surface area contributed by atoms with E-state index in [1.54, 1.807) is 12.3 Å². The summed E-state index contributed by atoms with van der Waals surface area (Å²) in [5.41, 5.74) is 0.721. The van der Waals surface area contributed by atoms with Crippen LogP contribution in [0.3, 0.4) is 0 Å². The van der Waals surface area contributed by atoms with Gasteiger partial charge < -0.3 is 15.2 Å². The number of imidazole rings is 1. The van der Waals surface area contributed by atoms with Gasteiger partial charge >= 0.3 is 0 Å². The summed E-state index contributed by atoms with van der Waals surface area (Å²) in [6.45, 7) is 4.42. The summed E-state index contributed by atoms with van der Waals surface area (Å²) in [7, 11) is 0. The number of carbonyl (C=O) groups is 2. The number of nitrogens with zero attached hydrogens (tertiary/aromatic N) is 3. The molecule has 28 heavy (non-hydrogen) atoms. The van der Waals surface area contributed by atoms with Gasteiger partial charge in [-0.3, -0.25) is 14.5 Å². The minimum Gasteiger partial charge on any atom is -0.354 e. The van der Waals surface area contributed by atoms with Crippen molar-refractivity contribution in [2.24, 2.45) is 0 Å². The zero-order valence-electron chi connectivity index (χ0n) is 15.6. The molecule has 1 aliphatic heterocycles. The monoisotopic (exact) mass is 407 g/mol. The first kappa shape index (κ1) is 20.3. The number of amides is 2. The summed E-state index contributed by atoms with van der Waals surface area (Å²) in [6.07, 6.45) is 3.61. The van der Waals surface area contributed by atoms with E-state index in [-0.39, 0.29) is 18.2 Å². The Morgan fingerprint density at radius 1 is 1.46 bits per heavy atom. The second kappa shape index (κ2) is 9.16. The second-order valence-corrected chi connectivity index (χ2v) is 7.14. The van der Waals surface area contributed by atoms with Gasteiger partial charge in [-0.1, -0.05) is 17.7 Å². The Kier molecular flexibility index (Phi) is 6.64. The maximum Gasteiger partial charge on any atom is 0.237 e. The van der Waals surface area contributed by atoms with E-state index < -0.39 is 11.9 Å². The maximum absolute atomic E-state index is 13.3. The Bertz CT molecular complexity index is 857. The van der Waals surface area contributed by atoms with Crippen molar-refractivity contribution in [3.8, 4) is 0 Å². The lowest BCUT2D eigenvalue weighted by Gasteiger charge is -2.34. The fourth-order valence-electron chi connectivity index (χ4n) is 3.25. The first-order chi connectivity index (χ1) is 13.4. The molecule has 1 aromatic carbocycles. The highest BCUT2D eigenvalue weighted by Gasteiger charge is 2.31. The number of aryl methyl sites for hydroxylation is 1. The van der Waals surface area contributed by atoms with Crippen LogP contribution in [0.2, 0.25) is 5.02 Å². The van der Waals surface area contributed by atoms with Crippen LogP contribution in [0.1, 0.15) is 17.8 Å². The molecule has 0 saturated carbocycles. The number of carbonyl (C=O) groups excluding carboxylic acids is 2. The predicted molar refractivity (Wildman–Crippen MR) is 103 cm³/mol. The molecule has 9 heteroatoms. The third-order valence-corrected chi connectivity index (χ3v) is 5.16. The Hall–Kier alpha value is -2.45. The smallest absolute Gasteiger partial charge is 0.237 e. The average molecular weight is 408 g/mol. The van der Waals surface area contributed by atoms with Gasteiger partial charge in [0.15, 0.2) is 0 Å². The Labute approximate surface area is 167 Å². The number of halogens is 2. The summed E-state index contributed by atoms with van der Waals surface area (Å²) >= 11 is 6.11. The van der Waals surface area contributed by atoms with Crippen LogP contribution in [-0.2, 0) is 22.7 Å². The van der Waals surface area contributed by atoms with Gasteiger partial charge in [0.05, 0.1) is 12.5 Å². The second-order valence-electron chi connectivity index (χ2n) is 6.73. The molecule has 1 saturated heterocycles. The van der Waals surface area contributed by atoms with Gasteiger partial charge in [-0.2, -0.15) is 0 Å². The lowest BCUT2D eigenvalue weighted by Crippen LogP contribution is -2.56. The van der Waals surface area contributed by atoms with Crippen molar-refractivity contribution in [2.75, 3.05) is 19.6 Å². The number of nitrogens with one attached hydrogen (secondary N) is 2. The summed E-state index contributed by atoms with van der Waals surface area (Å²) in [5, 5.41) is 5.96. The van der Waals surface area contributed by atoms with Crippen LogP contribution < -0.4 is 10.6 Å². The first-order valence-corrected chi connectivity index (χ1v) is 9.52. The van der Waals surface area contributed by atoms with Crippen molar-refractivity contribution in [1.82, 2.24) is 25.1 Å². The quantitative estimate of drug-likeness (QED) is 0.729. The summed E-state index contributed by atoms with van der Waals surface area (Å²) < 4.78 is 15.2. The van der Waals surface area contributed by atoms with E-state index in [0.717, 1.165) is 11.4 Å². The van der Waals surface area contributed by atoms with Crippen molar-refractivity contribution in [3.05, 3.63) is 52.8 Å². The summed E-state index contributed by atoms with van der Waals surface area (Å²) in [4.78, 5) is 30.7. The van der Waals surface area contributed by atoms with E-state index in [1.165, 1.54) is 12.1 Å². The van der Waals surface area contributed by atoms with Crippen molar-refractivity contribution in [2.45, 2.75) is 32.5 Å². The topological polar surface area (TPSA) is 79.3 Å². The molecule has 0 aliphatic carbocycles. The van der Waals surface area contributed by atoms with E-state index in [9.17, 15) is 14.0 Å². The van der Waals surface area contributed by atoms with Crippen LogP contribution in [0, 0.1) is 12.7 Å². The van der Waals surface area contributed by atoms with Gasteiger partial charge in [-0.15, -0.1) is 0 Å². The van der Waals surface area contributed by atoms with Gasteiger partial charge in [0, 0.05) is 50.1 Å². The highest BCUT2D eigenvalue weighted by molar-refractivity contribution is 6.31. The van der Waals surface area contributed by atoms with Gasteiger partial charge in [-0.25, -0.2) is 9.37 Å². The fraction of sp³-hybridized carbons (Fsp3) is 0.421. The van der Waals surface area contributed by atoms with Gasteiger partial charge in [0.25, 0.3) is 0 Å². The van der Waals surface area contributed by atoms with E-state index in [4.69, 9.17) is 11.6 Å². The molecule has 2 amide bonds. The molecule has 7 nitrogen and oxygen atoms in total. The van der Waals surface area contributed by atoms with E-state index >= 15 is 0 Å². The molecule has 2 aromatic rings. The molecular weight excluding hydrogens is 385 g/mol. The lowest BCUT2D eigenvalue weighted by atomic mass is 10.1. The molecule has 1 unspecified atom stereocenters. The molecule has 1 atom stereocenters. The van der Waals surface area contributed by atoms with Gasteiger partial charge in [-0.05, 0) is 24.6 Å². The van der Waals surface area contributed by atoms with Crippen LogP contribution in [0.5, 0.6) is 0 Å². The zero-order valence-corrected chi connectivity index (χ0v) is 16.4.